The van der Waals surface area contributed by atoms with E-state index in [0.717, 1.165) is 43.0 Å². The van der Waals surface area contributed by atoms with Crippen LogP contribution in [-0.4, -0.2) is 51.7 Å². The predicted octanol–water partition coefficient (Wildman–Crippen LogP) is 1.53. The number of likely N-dealkylation sites (tertiary alicyclic amines) is 1. The first-order valence-corrected chi connectivity index (χ1v) is 9.56. The minimum atomic E-state index is -0.940. The highest BCUT2D eigenvalue weighted by molar-refractivity contribution is 5.90. The lowest BCUT2D eigenvalue weighted by molar-refractivity contribution is -0.188. The zero-order valence-corrected chi connectivity index (χ0v) is 14.2. The van der Waals surface area contributed by atoms with E-state index in [-0.39, 0.29) is 17.6 Å². The van der Waals surface area contributed by atoms with Crippen molar-refractivity contribution in [1.82, 2.24) is 4.90 Å². The summed E-state index contributed by atoms with van der Waals surface area (Å²) in [6, 6.07) is 3.69. The Morgan fingerprint density at radius 3 is 2.92 bits per heavy atom. The Morgan fingerprint density at radius 1 is 1.28 bits per heavy atom. The van der Waals surface area contributed by atoms with Gasteiger partial charge in [-0.05, 0) is 56.2 Å². The van der Waals surface area contributed by atoms with Gasteiger partial charge in [-0.1, -0.05) is 6.07 Å². The normalized spacial score (nSPS) is 41.4. The number of benzene rings is 1. The van der Waals surface area contributed by atoms with Crippen molar-refractivity contribution >= 4 is 5.78 Å². The molecule has 2 heterocycles. The van der Waals surface area contributed by atoms with Crippen LogP contribution in [0.3, 0.4) is 0 Å². The van der Waals surface area contributed by atoms with Crippen molar-refractivity contribution in [3.05, 3.63) is 23.3 Å². The van der Waals surface area contributed by atoms with Crippen LogP contribution in [0.15, 0.2) is 12.1 Å². The molecule has 0 radical (unpaired) electrons. The molecule has 3 fully saturated rings. The molecule has 0 aromatic heterocycles. The molecule has 6 rings (SSSR count). The summed E-state index contributed by atoms with van der Waals surface area (Å²) >= 11 is 0. The van der Waals surface area contributed by atoms with Gasteiger partial charge in [-0.3, -0.25) is 9.69 Å². The van der Waals surface area contributed by atoms with E-state index in [1.54, 1.807) is 6.07 Å². The molecule has 2 N–H and O–H groups in total. The van der Waals surface area contributed by atoms with Crippen LogP contribution in [0.2, 0.25) is 0 Å². The number of hydrogen-bond acceptors (Lipinski definition) is 5. The summed E-state index contributed by atoms with van der Waals surface area (Å²) in [5, 5.41) is 22.3. The summed E-state index contributed by atoms with van der Waals surface area (Å²) in [4.78, 5) is 15.2. The van der Waals surface area contributed by atoms with Crippen LogP contribution >= 0.6 is 0 Å². The maximum absolute atomic E-state index is 12.7. The maximum Gasteiger partial charge on any atom is 0.174 e. The van der Waals surface area contributed by atoms with Crippen LogP contribution in [-0.2, 0) is 16.6 Å². The smallest absolute Gasteiger partial charge is 0.174 e. The van der Waals surface area contributed by atoms with E-state index in [1.807, 2.05) is 6.07 Å². The highest BCUT2D eigenvalue weighted by Gasteiger charge is 2.73. The second-order valence-corrected chi connectivity index (χ2v) is 8.72. The molecule has 0 unspecified atom stereocenters. The zero-order valence-electron chi connectivity index (χ0n) is 14.2. The van der Waals surface area contributed by atoms with Gasteiger partial charge in [-0.2, -0.15) is 0 Å². The summed E-state index contributed by atoms with van der Waals surface area (Å²) in [5.74, 6) is 1.39. The predicted molar refractivity (Wildman–Crippen MR) is 89.8 cm³/mol. The molecule has 1 aromatic carbocycles. The number of piperidine rings is 1. The van der Waals surface area contributed by atoms with Gasteiger partial charge in [0.2, 0.25) is 0 Å². The molecule has 5 aliphatic rings. The van der Waals surface area contributed by atoms with Gasteiger partial charge in [-0.25, -0.2) is 0 Å². The Morgan fingerprint density at radius 2 is 2.12 bits per heavy atom. The van der Waals surface area contributed by atoms with Crippen LogP contribution in [0.5, 0.6) is 11.5 Å². The third-order valence-corrected chi connectivity index (χ3v) is 7.56. The Hall–Kier alpha value is -1.59. The van der Waals surface area contributed by atoms with Crippen LogP contribution < -0.4 is 4.74 Å². The van der Waals surface area contributed by atoms with Crippen LogP contribution in [0.25, 0.3) is 0 Å². The number of rotatable bonds is 2. The average Bonchev–Trinajstić information content (AvgIpc) is 3.32. The SMILES string of the molecule is O=C1CC[C@]2(O)[C@@H]3Cc4ccc(O)c5c4[C@]2(CCN3CC2CC2)[C@H]1O5. The van der Waals surface area contributed by atoms with Crippen molar-refractivity contribution in [2.75, 3.05) is 13.1 Å². The van der Waals surface area contributed by atoms with Gasteiger partial charge in [0.05, 0.1) is 11.0 Å². The molecule has 5 heteroatoms. The van der Waals surface area contributed by atoms with E-state index in [2.05, 4.69) is 4.90 Å². The maximum atomic E-state index is 12.7. The van der Waals surface area contributed by atoms with E-state index in [0.29, 0.717) is 18.6 Å². The summed E-state index contributed by atoms with van der Waals surface area (Å²) in [6.07, 6.45) is 4.33. The fourth-order valence-corrected chi connectivity index (χ4v) is 6.26. The van der Waals surface area contributed by atoms with Gasteiger partial charge in [0.25, 0.3) is 0 Å². The largest absolute Gasteiger partial charge is 0.504 e. The van der Waals surface area contributed by atoms with Crippen molar-refractivity contribution in [3.8, 4) is 11.5 Å². The van der Waals surface area contributed by atoms with Crippen molar-refractivity contribution in [3.63, 3.8) is 0 Å². The third kappa shape index (κ3) is 1.56. The molecular weight excluding hydrogens is 318 g/mol. The molecule has 2 saturated carbocycles. The van der Waals surface area contributed by atoms with Crippen molar-refractivity contribution in [2.45, 2.75) is 61.7 Å². The Balaban J connectivity index is 1.58. The lowest BCUT2D eigenvalue weighted by Crippen LogP contribution is -2.76. The van der Waals surface area contributed by atoms with E-state index in [9.17, 15) is 15.0 Å². The zero-order chi connectivity index (χ0) is 17.0. The Kier molecular flexibility index (Phi) is 2.55. The van der Waals surface area contributed by atoms with E-state index in [4.69, 9.17) is 4.74 Å². The molecule has 3 aliphatic carbocycles. The summed E-state index contributed by atoms with van der Waals surface area (Å²) in [7, 11) is 0. The molecule has 25 heavy (non-hydrogen) atoms. The number of phenolic OH excluding ortho intramolecular Hbond substituents is 1. The fraction of sp³-hybridized carbons (Fsp3) is 0.650. The second kappa shape index (κ2) is 4.38. The number of hydrogen-bond donors (Lipinski definition) is 2. The second-order valence-electron chi connectivity index (χ2n) is 8.72. The van der Waals surface area contributed by atoms with Crippen LogP contribution in [0.4, 0.5) is 0 Å². The lowest BCUT2D eigenvalue weighted by atomic mass is 9.49. The first-order chi connectivity index (χ1) is 12.0. The fourth-order valence-electron chi connectivity index (χ4n) is 6.26. The first-order valence-electron chi connectivity index (χ1n) is 9.56. The Labute approximate surface area is 146 Å². The van der Waals surface area contributed by atoms with E-state index in [1.165, 1.54) is 12.8 Å². The van der Waals surface area contributed by atoms with Gasteiger partial charge in [0.15, 0.2) is 23.4 Å². The monoisotopic (exact) mass is 341 g/mol. The lowest BCUT2D eigenvalue weighted by Gasteiger charge is -2.62. The van der Waals surface area contributed by atoms with Crippen molar-refractivity contribution in [2.24, 2.45) is 5.92 Å². The highest BCUT2D eigenvalue weighted by Crippen LogP contribution is 2.64. The number of ether oxygens (including phenoxy) is 1. The minimum absolute atomic E-state index is 0.0454. The summed E-state index contributed by atoms with van der Waals surface area (Å²) < 4.78 is 6.04. The number of Topliss-reactive ketones (excluding diaryl/α,β-unsaturated/α-hetero) is 1. The molecule has 2 aliphatic heterocycles. The van der Waals surface area contributed by atoms with Crippen LogP contribution in [0, 0.1) is 5.92 Å². The molecule has 5 nitrogen and oxygen atoms in total. The number of nitrogens with zero attached hydrogens (tertiary/aromatic N) is 1. The number of aliphatic hydroxyl groups is 1. The third-order valence-electron chi connectivity index (χ3n) is 7.56. The van der Waals surface area contributed by atoms with Crippen LogP contribution in [0.1, 0.15) is 43.2 Å². The molecule has 0 amide bonds. The van der Waals surface area contributed by atoms with E-state index >= 15 is 0 Å². The molecular formula is C20H23NO4. The average molecular weight is 341 g/mol. The first kappa shape index (κ1) is 14.6. The standard InChI is InChI=1S/C20H23NO4/c22-13-4-3-12-9-15-20(24)6-5-14(23)18-19(20,16(12)17(13)25-18)7-8-21(15)10-11-1-2-11/h3-4,11,15,18,22,24H,1-2,5-10H2/t15-,18-,19+,20-/m0/s1. The number of carbonyl (C=O) groups excluding carboxylic acids is 1. The molecule has 1 saturated heterocycles. The summed E-state index contributed by atoms with van der Waals surface area (Å²) in [5.41, 5.74) is 0.454. The van der Waals surface area contributed by atoms with Crippen molar-refractivity contribution in [1.29, 1.82) is 0 Å². The number of carbonyl (C=O) groups is 1. The van der Waals surface area contributed by atoms with Gasteiger partial charge >= 0.3 is 0 Å². The molecule has 4 atom stereocenters. The Bertz CT molecular complexity index is 803. The van der Waals surface area contributed by atoms with Gasteiger partial charge in [0.1, 0.15) is 0 Å². The number of aromatic hydroxyl groups is 1. The van der Waals surface area contributed by atoms with E-state index < -0.39 is 17.1 Å². The molecule has 1 spiro atoms. The van der Waals surface area contributed by atoms with Gasteiger partial charge in [0, 0.05) is 24.6 Å². The number of phenols is 1. The van der Waals surface area contributed by atoms with Gasteiger partial charge in [-0.15, -0.1) is 0 Å². The molecule has 132 valence electrons. The summed E-state index contributed by atoms with van der Waals surface area (Å²) in [6.45, 7) is 1.95. The topological polar surface area (TPSA) is 70.0 Å². The molecule has 1 aromatic rings. The highest BCUT2D eigenvalue weighted by atomic mass is 16.5. The minimum Gasteiger partial charge on any atom is -0.504 e. The number of ketones is 1. The quantitative estimate of drug-likeness (QED) is 0.854. The van der Waals surface area contributed by atoms with Gasteiger partial charge < -0.3 is 14.9 Å². The molecule has 2 bridgehead atoms. The van der Waals surface area contributed by atoms with Crippen molar-refractivity contribution < 1.29 is 19.7 Å².